The number of rotatable bonds is 5. The molecule has 3 nitrogen and oxygen atoms in total. The number of carbonyl (C=O) groups excluding carboxylic acids is 1. The molecule has 4 saturated carbocycles. The van der Waals surface area contributed by atoms with Crippen LogP contribution in [-0.2, 0) is 4.79 Å². The highest BCUT2D eigenvalue weighted by molar-refractivity contribution is 5.79. The number of nitrogens with one attached hydrogen (secondary N) is 2. The predicted octanol–water partition coefficient (Wildman–Crippen LogP) is 2.46. The summed E-state index contributed by atoms with van der Waals surface area (Å²) in [5.74, 6) is 2.90. The first kappa shape index (κ1) is 13.4. The first-order valence-electron chi connectivity index (χ1n) is 8.13. The van der Waals surface area contributed by atoms with E-state index in [0.717, 1.165) is 24.2 Å². The molecule has 1 amide bonds. The third kappa shape index (κ3) is 2.81. The Morgan fingerprint density at radius 3 is 2.16 bits per heavy atom. The second-order valence-corrected chi connectivity index (χ2v) is 7.44. The van der Waals surface area contributed by atoms with Gasteiger partial charge in [-0.15, -0.1) is 0 Å². The van der Waals surface area contributed by atoms with Gasteiger partial charge in [-0.05, 0) is 69.6 Å². The van der Waals surface area contributed by atoms with Gasteiger partial charge >= 0.3 is 0 Å². The summed E-state index contributed by atoms with van der Waals surface area (Å²) in [7, 11) is 0. The lowest BCUT2D eigenvalue weighted by Crippen LogP contribution is -2.61. The van der Waals surface area contributed by atoms with E-state index in [1.807, 2.05) is 0 Å². The summed E-state index contributed by atoms with van der Waals surface area (Å²) in [4.78, 5) is 12.2. The van der Waals surface area contributed by atoms with E-state index >= 15 is 0 Å². The van der Waals surface area contributed by atoms with Gasteiger partial charge in [-0.25, -0.2) is 0 Å². The lowest BCUT2D eigenvalue weighted by molar-refractivity contribution is -0.126. The van der Waals surface area contributed by atoms with Crippen molar-refractivity contribution in [2.75, 3.05) is 6.54 Å². The summed E-state index contributed by atoms with van der Waals surface area (Å²) in [6.07, 6.45) is 9.10. The Morgan fingerprint density at radius 2 is 1.68 bits per heavy atom. The minimum atomic E-state index is 0.170. The van der Waals surface area contributed by atoms with Crippen LogP contribution in [0, 0.1) is 17.8 Å². The van der Waals surface area contributed by atoms with Crippen LogP contribution in [0.25, 0.3) is 0 Å². The number of hydrogen-bond acceptors (Lipinski definition) is 2. The fourth-order valence-electron chi connectivity index (χ4n) is 5.01. The average molecular weight is 264 g/mol. The largest absolute Gasteiger partial charge is 0.350 e. The van der Waals surface area contributed by atoms with Gasteiger partial charge < -0.3 is 10.6 Å². The molecule has 19 heavy (non-hydrogen) atoms. The van der Waals surface area contributed by atoms with E-state index in [1.54, 1.807) is 0 Å². The van der Waals surface area contributed by atoms with Gasteiger partial charge in [-0.1, -0.05) is 6.92 Å². The highest BCUT2D eigenvalue weighted by Gasteiger charge is 2.51. The van der Waals surface area contributed by atoms with Crippen LogP contribution in [0.5, 0.6) is 0 Å². The maximum absolute atomic E-state index is 12.2. The molecular weight excluding hydrogens is 236 g/mol. The third-order valence-electron chi connectivity index (χ3n) is 5.67. The van der Waals surface area contributed by atoms with E-state index in [2.05, 4.69) is 24.5 Å². The Labute approximate surface area is 116 Å². The second-order valence-electron chi connectivity index (χ2n) is 7.44. The smallest absolute Gasteiger partial charge is 0.234 e. The van der Waals surface area contributed by atoms with Crippen LogP contribution in [0.3, 0.4) is 0 Å². The summed E-state index contributed by atoms with van der Waals surface area (Å²) in [5.41, 5.74) is 0.170. The fraction of sp³-hybridized carbons (Fsp3) is 0.938. The van der Waals surface area contributed by atoms with Crippen LogP contribution < -0.4 is 10.6 Å². The van der Waals surface area contributed by atoms with Gasteiger partial charge in [0.1, 0.15) is 0 Å². The van der Waals surface area contributed by atoms with Crippen molar-refractivity contribution in [1.29, 1.82) is 0 Å². The van der Waals surface area contributed by atoms with E-state index in [-0.39, 0.29) is 11.4 Å². The summed E-state index contributed by atoms with van der Waals surface area (Å²) >= 11 is 0. The molecule has 0 aliphatic heterocycles. The third-order valence-corrected chi connectivity index (χ3v) is 5.67. The van der Waals surface area contributed by atoms with Crippen LogP contribution in [0.1, 0.15) is 58.8 Å². The summed E-state index contributed by atoms with van der Waals surface area (Å²) in [5, 5.41) is 6.71. The minimum Gasteiger partial charge on any atom is -0.350 e. The molecule has 0 aromatic rings. The molecule has 4 rings (SSSR count). The van der Waals surface area contributed by atoms with Crippen molar-refractivity contribution in [2.45, 2.75) is 70.4 Å². The van der Waals surface area contributed by atoms with Crippen LogP contribution in [0.15, 0.2) is 0 Å². The van der Waals surface area contributed by atoms with Crippen molar-refractivity contribution in [2.24, 2.45) is 17.8 Å². The number of hydrogen-bond donors (Lipinski definition) is 2. The Kier molecular flexibility index (Phi) is 3.59. The molecule has 0 heterocycles. The maximum atomic E-state index is 12.2. The SMILES string of the molecule is CCC(C)NCC(=O)NC12CC3CC(CC(C3)C1)C2. The fourth-order valence-corrected chi connectivity index (χ4v) is 5.01. The molecule has 3 heteroatoms. The van der Waals surface area contributed by atoms with Crippen molar-refractivity contribution in [3.63, 3.8) is 0 Å². The van der Waals surface area contributed by atoms with E-state index in [4.69, 9.17) is 0 Å². The zero-order valence-corrected chi connectivity index (χ0v) is 12.4. The molecular formula is C16H28N2O. The van der Waals surface area contributed by atoms with Crippen molar-refractivity contribution in [3.05, 3.63) is 0 Å². The quantitative estimate of drug-likeness (QED) is 0.801. The Bertz CT molecular complexity index is 317. The molecule has 0 radical (unpaired) electrons. The Hall–Kier alpha value is -0.570. The molecule has 108 valence electrons. The molecule has 1 atom stereocenters. The number of amides is 1. The van der Waals surface area contributed by atoms with Crippen LogP contribution in [0.2, 0.25) is 0 Å². The standard InChI is InChI=1S/C16H28N2O/c1-3-11(2)17-10-15(19)18-16-7-12-4-13(8-16)6-14(5-12)9-16/h11-14,17H,3-10H2,1-2H3,(H,18,19). The normalized spacial score (nSPS) is 41.3. The van der Waals surface area contributed by atoms with Crippen molar-refractivity contribution in [3.8, 4) is 0 Å². The van der Waals surface area contributed by atoms with Gasteiger partial charge in [0.15, 0.2) is 0 Å². The minimum absolute atomic E-state index is 0.170. The summed E-state index contributed by atoms with van der Waals surface area (Å²) in [6, 6.07) is 0.433. The van der Waals surface area contributed by atoms with Gasteiger partial charge in [0.05, 0.1) is 6.54 Å². The molecule has 4 bridgehead atoms. The lowest BCUT2D eigenvalue weighted by atomic mass is 9.53. The van der Waals surface area contributed by atoms with Crippen molar-refractivity contribution in [1.82, 2.24) is 10.6 Å². The number of carbonyl (C=O) groups is 1. The molecule has 4 aliphatic rings. The highest BCUT2D eigenvalue weighted by atomic mass is 16.2. The zero-order chi connectivity index (χ0) is 13.5. The van der Waals surface area contributed by atoms with Gasteiger partial charge in [-0.2, -0.15) is 0 Å². The first-order valence-corrected chi connectivity index (χ1v) is 8.13. The monoisotopic (exact) mass is 264 g/mol. The van der Waals surface area contributed by atoms with E-state index in [9.17, 15) is 4.79 Å². The van der Waals surface area contributed by atoms with Gasteiger partial charge in [0, 0.05) is 11.6 Å². The topological polar surface area (TPSA) is 41.1 Å². The average Bonchev–Trinajstić information content (AvgIpc) is 2.33. The molecule has 0 saturated heterocycles. The predicted molar refractivity (Wildman–Crippen MR) is 76.8 cm³/mol. The van der Waals surface area contributed by atoms with Crippen LogP contribution in [0.4, 0.5) is 0 Å². The van der Waals surface area contributed by atoms with Crippen LogP contribution >= 0.6 is 0 Å². The van der Waals surface area contributed by atoms with Gasteiger partial charge in [-0.3, -0.25) is 4.79 Å². The molecule has 1 unspecified atom stereocenters. The lowest BCUT2D eigenvalue weighted by Gasteiger charge is -2.56. The summed E-state index contributed by atoms with van der Waals surface area (Å²) in [6.45, 7) is 4.77. The molecule has 0 aromatic heterocycles. The van der Waals surface area contributed by atoms with Crippen molar-refractivity contribution < 1.29 is 4.79 Å². The van der Waals surface area contributed by atoms with E-state index in [1.165, 1.54) is 38.5 Å². The highest BCUT2D eigenvalue weighted by Crippen LogP contribution is 2.55. The molecule has 2 N–H and O–H groups in total. The van der Waals surface area contributed by atoms with E-state index in [0.29, 0.717) is 12.6 Å². The second kappa shape index (κ2) is 5.08. The molecule has 4 aliphatic carbocycles. The van der Waals surface area contributed by atoms with E-state index < -0.39 is 0 Å². The molecule has 4 fully saturated rings. The Morgan fingerprint density at radius 1 is 1.16 bits per heavy atom. The first-order chi connectivity index (χ1) is 9.08. The van der Waals surface area contributed by atoms with Gasteiger partial charge in [0.2, 0.25) is 5.91 Å². The van der Waals surface area contributed by atoms with Crippen molar-refractivity contribution >= 4 is 5.91 Å². The molecule has 0 aromatic carbocycles. The Balaban J connectivity index is 1.56. The van der Waals surface area contributed by atoms with Gasteiger partial charge in [0.25, 0.3) is 0 Å². The summed E-state index contributed by atoms with van der Waals surface area (Å²) < 4.78 is 0. The zero-order valence-electron chi connectivity index (χ0n) is 12.4. The van der Waals surface area contributed by atoms with Crippen LogP contribution in [-0.4, -0.2) is 24.0 Å². The molecule has 0 spiro atoms. The maximum Gasteiger partial charge on any atom is 0.234 e.